The van der Waals surface area contributed by atoms with Gasteiger partial charge in [-0.25, -0.2) is 0 Å². The molecule has 3 aromatic carbocycles. The van der Waals surface area contributed by atoms with E-state index in [2.05, 4.69) is 13.8 Å². The molecule has 0 unspecified atom stereocenters. The van der Waals surface area contributed by atoms with Gasteiger partial charge in [0.1, 0.15) is 6.54 Å². The maximum absolute atomic E-state index is 13.7. The van der Waals surface area contributed by atoms with Gasteiger partial charge in [-0.1, -0.05) is 86.6 Å². The maximum atomic E-state index is 13.7. The van der Waals surface area contributed by atoms with E-state index in [4.69, 9.17) is 0 Å². The molecule has 1 heterocycles. The third-order valence-electron chi connectivity index (χ3n) is 5.71. The Morgan fingerprint density at radius 3 is 2.26 bits per heavy atom. The summed E-state index contributed by atoms with van der Waals surface area (Å²) in [6.45, 7) is 5.76. The minimum absolute atomic E-state index is 0.0495. The molecule has 0 bridgehead atoms. The molecule has 0 radical (unpaired) electrons. The average molecular weight is 471 g/mol. The highest BCUT2D eigenvalue weighted by Crippen LogP contribution is 2.21. The quantitative estimate of drug-likeness (QED) is 0.291. The van der Waals surface area contributed by atoms with Gasteiger partial charge >= 0.3 is 0 Å². The summed E-state index contributed by atoms with van der Waals surface area (Å²) in [5, 5.41) is 3.96. The Morgan fingerprint density at radius 2 is 1.53 bits per heavy atom. The van der Waals surface area contributed by atoms with Crippen molar-refractivity contribution in [3.8, 4) is 0 Å². The van der Waals surface area contributed by atoms with E-state index in [0.29, 0.717) is 25.2 Å². The van der Waals surface area contributed by atoms with Crippen LogP contribution < -0.4 is 0 Å². The number of fused-ring (bicyclic) bond motifs is 1. The number of nitrogens with zero attached hydrogens (tertiary/aromatic N) is 2. The first-order chi connectivity index (χ1) is 16.5. The number of amides is 2. The number of carbonyl (C=O) groups is 2. The highest BCUT2D eigenvalue weighted by atomic mass is 32.1. The van der Waals surface area contributed by atoms with Gasteiger partial charge in [-0.05, 0) is 39.8 Å². The van der Waals surface area contributed by atoms with Crippen molar-refractivity contribution in [2.45, 2.75) is 26.9 Å². The Hall–Kier alpha value is -3.44. The molecular formula is C29H30N2O2S. The monoisotopic (exact) mass is 470 g/mol. The van der Waals surface area contributed by atoms with Gasteiger partial charge in [-0.2, -0.15) is 0 Å². The molecule has 0 fully saturated rings. The smallest absolute Gasteiger partial charge is 0.254 e. The summed E-state index contributed by atoms with van der Waals surface area (Å²) in [6, 6.07) is 27.7. The Balaban J connectivity index is 1.59. The van der Waals surface area contributed by atoms with Crippen molar-refractivity contribution in [1.29, 1.82) is 0 Å². The summed E-state index contributed by atoms with van der Waals surface area (Å²) in [4.78, 5) is 32.0. The predicted molar refractivity (Wildman–Crippen MR) is 140 cm³/mol. The molecule has 4 rings (SSSR count). The fraction of sp³-hybridized carbons (Fsp3) is 0.241. The molecule has 4 nitrogen and oxygen atoms in total. The van der Waals surface area contributed by atoms with Crippen LogP contribution in [0.1, 0.15) is 34.6 Å². The molecule has 0 aliphatic heterocycles. The summed E-state index contributed by atoms with van der Waals surface area (Å²) in [6.07, 6.45) is 0. The molecule has 0 saturated carbocycles. The van der Waals surface area contributed by atoms with Gasteiger partial charge in [0.2, 0.25) is 5.91 Å². The molecule has 5 heteroatoms. The highest BCUT2D eigenvalue weighted by Gasteiger charge is 2.24. The first-order valence-electron chi connectivity index (χ1n) is 11.6. The van der Waals surface area contributed by atoms with Crippen LogP contribution in [0.15, 0.2) is 90.3 Å². The Labute approximate surface area is 205 Å². The SMILES string of the molecule is CC(C)CN(CC(=O)N(Cc1ccccc1)Cc1cccs1)C(=O)c1cccc2ccccc12. The molecule has 2 amide bonds. The summed E-state index contributed by atoms with van der Waals surface area (Å²) < 4.78 is 0. The van der Waals surface area contributed by atoms with Gasteiger partial charge in [0.05, 0.1) is 6.54 Å². The second-order valence-electron chi connectivity index (χ2n) is 8.92. The van der Waals surface area contributed by atoms with Crippen LogP contribution in [0.25, 0.3) is 10.8 Å². The van der Waals surface area contributed by atoms with Crippen LogP contribution in [0.5, 0.6) is 0 Å². The number of carbonyl (C=O) groups excluding carboxylic acids is 2. The Bertz CT molecular complexity index is 1230. The minimum Gasteiger partial charge on any atom is -0.332 e. The molecule has 0 aliphatic rings. The third kappa shape index (κ3) is 5.91. The first-order valence-corrected chi connectivity index (χ1v) is 12.5. The van der Waals surface area contributed by atoms with Crippen molar-refractivity contribution in [1.82, 2.24) is 9.80 Å². The Morgan fingerprint density at radius 1 is 0.794 bits per heavy atom. The van der Waals surface area contributed by atoms with E-state index in [1.807, 2.05) is 95.2 Å². The zero-order valence-electron chi connectivity index (χ0n) is 19.7. The highest BCUT2D eigenvalue weighted by molar-refractivity contribution is 7.09. The summed E-state index contributed by atoms with van der Waals surface area (Å²) in [5.41, 5.74) is 1.71. The summed E-state index contributed by atoms with van der Waals surface area (Å²) in [5.74, 6) is 0.0905. The lowest BCUT2D eigenvalue weighted by Gasteiger charge is -2.29. The second kappa shape index (κ2) is 11.1. The van der Waals surface area contributed by atoms with E-state index in [1.165, 1.54) is 0 Å². The largest absolute Gasteiger partial charge is 0.332 e. The van der Waals surface area contributed by atoms with E-state index in [1.54, 1.807) is 16.2 Å². The van der Waals surface area contributed by atoms with E-state index in [0.717, 1.165) is 21.2 Å². The van der Waals surface area contributed by atoms with Crippen LogP contribution in [0.2, 0.25) is 0 Å². The van der Waals surface area contributed by atoms with Gasteiger partial charge in [0.25, 0.3) is 5.91 Å². The predicted octanol–water partition coefficient (Wildman–Crippen LogP) is 6.23. The molecule has 0 N–H and O–H groups in total. The standard InChI is InChI=1S/C29H30N2O2S/c1-22(2)18-31(29(33)27-16-8-13-24-12-6-7-15-26(24)27)21-28(32)30(20-25-14-9-17-34-25)19-23-10-4-3-5-11-23/h3-17,22H,18-21H2,1-2H3. The van der Waals surface area contributed by atoms with E-state index in [-0.39, 0.29) is 24.3 Å². The fourth-order valence-corrected chi connectivity index (χ4v) is 4.85. The fourth-order valence-electron chi connectivity index (χ4n) is 4.13. The number of rotatable bonds is 9. The van der Waals surface area contributed by atoms with Crippen LogP contribution in [0, 0.1) is 5.92 Å². The van der Waals surface area contributed by atoms with Crippen LogP contribution in [-0.4, -0.2) is 34.7 Å². The van der Waals surface area contributed by atoms with Gasteiger partial charge in [0.15, 0.2) is 0 Å². The normalized spacial score (nSPS) is 11.0. The number of thiophene rings is 1. The third-order valence-corrected chi connectivity index (χ3v) is 6.58. The molecule has 0 saturated heterocycles. The molecule has 34 heavy (non-hydrogen) atoms. The van der Waals surface area contributed by atoms with Gasteiger partial charge in [0, 0.05) is 23.5 Å². The van der Waals surface area contributed by atoms with Gasteiger partial charge in [-0.15, -0.1) is 11.3 Å². The Kier molecular flexibility index (Phi) is 7.76. The van der Waals surface area contributed by atoms with Crippen LogP contribution in [0.4, 0.5) is 0 Å². The van der Waals surface area contributed by atoms with E-state index >= 15 is 0 Å². The van der Waals surface area contributed by atoms with Gasteiger partial charge in [-0.3, -0.25) is 9.59 Å². The molecule has 174 valence electrons. The minimum atomic E-state index is -0.102. The van der Waals surface area contributed by atoms with Crippen molar-refractivity contribution >= 4 is 33.9 Å². The average Bonchev–Trinajstić information content (AvgIpc) is 3.36. The molecular weight excluding hydrogens is 440 g/mol. The van der Waals surface area contributed by atoms with Crippen LogP contribution >= 0.6 is 11.3 Å². The molecule has 1 aromatic heterocycles. The molecule has 0 spiro atoms. The summed E-state index contributed by atoms with van der Waals surface area (Å²) >= 11 is 1.64. The topological polar surface area (TPSA) is 40.6 Å². The van der Waals surface area contributed by atoms with Gasteiger partial charge < -0.3 is 9.80 Å². The molecule has 0 atom stereocenters. The number of hydrogen-bond acceptors (Lipinski definition) is 3. The van der Waals surface area contributed by atoms with E-state index < -0.39 is 0 Å². The summed E-state index contributed by atoms with van der Waals surface area (Å²) in [7, 11) is 0. The van der Waals surface area contributed by atoms with Crippen molar-refractivity contribution in [2.24, 2.45) is 5.92 Å². The lowest BCUT2D eigenvalue weighted by molar-refractivity contribution is -0.133. The second-order valence-corrected chi connectivity index (χ2v) is 9.95. The van der Waals surface area contributed by atoms with Crippen molar-refractivity contribution < 1.29 is 9.59 Å². The molecule has 4 aromatic rings. The number of benzene rings is 3. The van der Waals surface area contributed by atoms with Crippen LogP contribution in [0.3, 0.4) is 0 Å². The zero-order chi connectivity index (χ0) is 23.9. The zero-order valence-corrected chi connectivity index (χ0v) is 20.5. The van der Waals surface area contributed by atoms with Crippen molar-refractivity contribution in [3.05, 3.63) is 106 Å². The van der Waals surface area contributed by atoms with E-state index in [9.17, 15) is 9.59 Å². The first kappa shape index (κ1) is 23.7. The van der Waals surface area contributed by atoms with Crippen molar-refractivity contribution in [2.75, 3.05) is 13.1 Å². The lowest BCUT2D eigenvalue weighted by Crippen LogP contribution is -2.43. The molecule has 0 aliphatic carbocycles. The number of hydrogen-bond donors (Lipinski definition) is 0. The maximum Gasteiger partial charge on any atom is 0.254 e. The van der Waals surface area contributed by atoms with Crippen LogP contribution in [-0.2, 0) is 17.9 Å². The lowest BCUT2D eigenvalue weighted by atomic mass is 10.0. The van der Waals surface area contributed by atoms with Crippen molar-refractivity contribution in [3.63, 3.8) is 0 Å².